The van der Waals surface area contributed by atoms with Gasteiger partial charge in [0.15, 0.2) is 0 Å². The molecule has 0 aromatic carbocycles. The van der Waals surface area contributed by atoms with Gasteiger partial charge in [0.05, 0.1) is 5.69 Å². The third-order valence-electron chi connectivity index (χ3n) is 3.35. The summed E-state index contributed by atoms with van der Waals surface area (Å²) < 4.78 is 4.14. The van der Waals surface area contributed by atoms with Crippen LogP contribution in [0.15, 0.2) is 12.4 Å². The summed E-state index contributed by atoms with van der Waals surface area (Å²) in [5.41, 5.74) is 3.66. The fourth-order valence-electron chi connectivity index (χ4n) is 2.23. The smallest absolute Gasteiger partial charge is 0.110 e. The van der Waals surface area contributed by atoms with Gasteiger partial charge in [0.25, 0.3) is 0 Å². The molecule has 0 unspecified atom stereocenters. The lowest BCUT2D eigenvalue weighted by Crippen LogP contribution is -2.10. The lowest BCUT2D eigenvalue weighted by molar-refractivity contribution is 0.572. The second-order valence-corrected chi connectivity index (χ2v) is 4.61. The second kappa shape index (κ2) is 5.35. The van der Waals surface area contributed by atoms with Crippen molar-refractivity contribution in [2.24, 2.45) is 7.05 Å². The van der Waals surface area contributed by atoms with E-state index in [4.69, 9.17) is 0 Å². The van der Waals surface area contributed by atoms with E-state index in [-0.39, 0.29) is 0 Å². The van der Waals surface area contributed by atoms with Crippen LogP contribution in [-0.4, -0.2) is 26.4 Å². The Morgan fingerprint density at radius 2 is 2.11 bits per heavy atom. The van der Waals surface area contributed by atoms with E-state index < -0.39 is 0 Å². The molecule has 2 rings (SSSR count). The van der Waals surface area contributed by atoms with Gasteiger partial charge in [-0.3, -0.25) is 4.68 Å². The number of nitrogens with zero attached hydrogens (tertiary/aromatic N) is 4. The van der Waals surface area contributed by atoms with Crippen LogP contribution in [0.5, 0.6) is 0 Å². The molecule has 2 aromatic heterocycles. The summed E-state index contributed by atoms with van der Waals surface area (Å²) in [6, 6.07) is 0. The van der Waals surface area contributed by atoms with Crippen LogP contribution < -0.4 is 5.32 Å². The normalized spacial score (nSPS) is 11.1. The molecule has 5 nitrogen and oxygen atoms in total. The van der Waals surface area contributed by atoms with E-state index >= 15 is 0 Å². The summed E-state index contributed by atoms with van der Waals surface area (Å²) in [5.74, 6) is 1.10. The van der Waals surface area contributed by atoms with Crippen molar-refractivity contribution in [2.75, 3.05) is 7.05 Å². The summed E-state index contributed by atoms with van der Waals surface area (Å²) in [7, 11) is 3.99. The van der Waals surface area contributed by atoms with E-state index in [1.807, 2.05) is 26.5 Å². The van der Waals surface area contributed by atoms with E-state index in [1.165, 1.54) is 11.3 Å². The minimum absolute atomic E-state index is 0.875. The Bertz CT molecular complexity index is 523. The highest BCUT2D eigenvalue weighted by atomic mass is 15.3. The van der Waals surface area contributed by atoms with Gasteiger partial charge < -0.3 is 9.88 Å². The monoisotopic (exact) mass is 247 g/mol. The first kappa shape index (κ1) is 12.8. The van der Waals surface area contributed by atoms with Gasteiger partial charge in [0.2, 0.25) is 0 Å². The van der Waals surface area contributed by atoms with Crippen molar-refractivity contribution in [1.82, 2.24) is 24.6 Å². The van der Waals surface area contributed by atoms with E-state index in [1.54, 1.807) is 0 Å². The highest BCUT2D eigenvalue weighted by molar-refractivity contribution is 5.24. The average molecular weight is 247 g/mol. The summed E-state index contributed by atoms with van der Waals surface area (Å²) in [6.07, 6.45) is 4.72. The molecule has 0 aliphatic heterocycles. The number of aromatic nitrogens is 4. The fourth-order valence-corrected chi connectivity index (χ4v) is 2.23. The quantitative estimate of drug-likeness (QED) is 0.863. The highest BCUT2D eigenvalue weighted by Crippen LogP contribution is 2.13. The van der Waals surface area contributed by atoms with E-state index in [0.29, 0.717) is 0 Å². The predicted molar refractivity (Wildman–Crippen MR) is 71.4 cm³/mol. The largest absolute Gasteiger partial charge is 0.338 e. The second-order valence-electron chi connectivity index (χ2n) is 4.61. The predicted octanol–water partition coefficient (Wildman–Crippen LogP) is 1.20. The zero-order chi connectivity index (χ0) is 13.1. The average Bonchev–Trinajstić information content (AvgIpc) is 2.86. The SMILES string of the molecule is CNCc1c(C)nn(CCc2nccn2C)c1C. The van der Waals surface area contributed by atoms with Crippen LogP contribution in [0.3, 0.4) is 0 Å². The Kier molecular flexibility index (Phi) is 3.81. The molecular formula is C13H21N5. The lowest BCUT2D eigenvalue weighted by Gasteiger charge is -2.05. The first-order valence-corrected chi connectivity index (χ1v) is 6.27. The molecule has 0 aliphatic carbocycles. The maximum absolute atomic E-state index is 4.60. The maximum atomic E-state index is 4.60. The van der Waals surface area contributed by atoms with E-state index in [0.717, 1.165) is 31.0 Å². The minimum Gasteiger partial charge on any atom is -0.338 e. The van der Waals surface area contributed by atoms with Crippen molar-refractivity contribution in [1.29, 1.82) is 0 Å². The van der Waals surface area contributed by atoms with Crippen molar-refractivity contribution in [2.45, 2.75) is 33.4 Å². The van der Waals surface area contributed by atoms with Crippen molar-refractivity contribution in [3.05, 3.63) is 35.2 Å². The number of imidazole rings is 1. The molecule has 0 fully saturated rings. The van der Waals surface area contributed by atoms with Gasteiger partial charge >= 0.3 is 0 Å². The van der Waals surface area contributed by atoms with Crippen LogP contribution in [-0.2, 0) is 26.6 Å². The van der Waals surface area contributed by atoms with Crippen LogP contribution in [0.25, 0.3) is 0 Å². The number of nitrogens with one attached hydrogen (secondary N) is 1. The number of hydrogen-bond donors (Lipinski definition) is 1. The van der Waals surface area contributed by atoms with Crippen LogP contribution >= 0.6 is 0 Å². The Hall–Kier alpha value is -1.62. The Labute approximate surface area is 108 Å². The fraction of sp³-hybridized carbons (Fsp3) is 0.538. The summed E-state index contributed by atoms with van der Waals surface area (Å²) in [4.78, 5) is 4.34. The molecule has 98 valence electrons. The number of aryl methyl sites for hydroxylation is 4. The van der Waals surface area contributed by atoms with Crippen LogP contribution in [0.2, 0.25) is 0 Å². The Morgan fingerprint density at radius 1 is 1.33 bits per heavy atom. The van der Waals surface area contributed by atoms with Crippen molar-refractivity contribution >= 4 is 0 Å². The molecule has 0 bridgehead atoms. The van der Waals surface area contributed by atoms with Crippen LogP contribution in [0.4, 0.5) is 0 Å². The first-order chi connectivity index (χ1) is 8.63. The van der Waals surface area contributed by atoms with Crippen molar-refractivity contribution < 1.29 is 0 Å². The molecule has 0 aliphatic rings. The summed E-state index contributed by atoms with van der Waals surface area (Å²) in [6.45, 7) is 5.95. The first-order valence-electron chi connectivity index (χ1n) is 6.27. The van der Waals surface area contributed by atoms with E-state index in [9.17, 15) is 0 Å². The van der Waals surface area contributed by atoms with E-state index in [2.05, 4.69) is 38.5 Å². The molecule has 0 radical (unpaired) electrons. The summed E-state index contributed by atoms with van der Waals surface area (Å²) >= 11 is 0. The van der Waals surface area contributed by atoms with Crippen LogP contribution in [0.1, 0.15) is 22.8 Å². The van der Waals surface area contributed by atoms with Crippen molar-refractivity contribution in [3.8, 4) is 0 Å². The molecule has 5 heteroatoms. The van der Waals surface area contributed by atoms with Gasteiger partial charge in [-0.25, -0.2) is 4.98 Å². The zero-order valence-electron chi connectivity index (χ0n) is 11.6. The number of hydrogen-bond acceptors (Lipinski definition) is 3. The molecule has 0 saturated heterocycles. The molecule has 0 atom stereocenters. The Morgan fingerprint density at radius 3 is 2.72 bits per heavy atom. The molecular weight excluding hydrogens is 226 g/mol. The third kappa shape index (κ3) is 2.46. The van der Waals surface area contributed by atoms with Gasteiger partial charge in [0, 0.05) is 50.2 Å². The molecule has 0 amide bonds. The number of rotatable bonds is 5. The summed E-state index contributed by atoms with van der Waals surface area (Å²) in [5, 5.41) is 7.79. The molecule has 0 spiro atoms. The van der Waals surface area contributed by atoms with Gasteiger partial charge in [-0.15, -0.1) is 0 Å². The van der Waals surface area contributed by atoms with Crippen molar-refractivity contribution in [3.63, 3.8) is 0 Å². The van der Waals surface area contributed by atoms with Crippen LogP contribution in [0, 0.1) is 13.8 Å². The van der Waals surface area contributed by atoms with Gasteiger partial charge in [-0.05, 0) is 20.9 Å². The molecule has 1 N–H and O–H groups in total. The van der Waals surface area contributed by atoms with Gasteiger partial charge in [-0.2, -0.15) is 5.10 Å². The van der Waals surface area contributed by atoms with Gasteiger partial charge in [0.1, 0.15) is 5.82 Å². The standard InChI is InChI=1S/C13H21N5/c1-10-12(9-14-3)11(2)18(16-10)7-5-13-15-6-8-17(13)4/h6,8,14H,5,7,9H2,1-4H3. The van der Waals surface area contributed by atoms with Gasteiger partial charge in [-0.1, -0.05) is 0 Å². The Balaban J connectivity index is 2.10. The molecule has 0 saturated carbocycles. The topological polar surface area (TPSA) is 47.7 Å². The maximum Gasteiger partial charge on any atom is 0.110 e. The minimum atomic E-state index is 0.875. The third-order valence-corrected chi connectivity index (χ3v) is 3.35. The molecule has 2 heterocycles. The highest BCUT2D eigenvalue weighted by Gasteiger charge is 2.11. The zero-order valence-corrected chi connectivity index (χ0v) is 11.6. The molecule has 2 aromatic rings. The lowest BCUT2D eigenvalue weighted by atomic mass is 10.2. The molecule has 18 heavy (non-hydrogen) atoms.